The van der Waals surface area contributed by atoms with Crippen LogP contribution in [0.25, 0.3) is 0 Å². The standard InChI is InChI=1S/C46H55BN10/c1-3-10-27(11-4-1)54-43-38(48-20-22-52-43)35-29-14-7-16-31-40(29)56(45(35)54)33-24-26(42-50-18-9-19-51-42)25-34-37(33)47(31)32-17-8-15-30-36-39-44(53-23-21-49-39)55(28-12-5-2-6-13-28)46(36)57(34)41(30)32/h1-6,9-13,18-19,26,29-34,37-41,43-44,48-49,52-53H,7-8,14-17,20-25H2. The lowest BCUT2D eigenvalue weighted by Crippen LogP contribution is -2.73. The van der Waals surface area contributed by atoms with E-state index in [1.54, 1.807) is 22.8 Å². The molecule has 0 spiro atoms. The average Bonchev–Trinajstić information content (AvgIpc) is 4.00. The summed E-state index contributed by atoms with van der Waals surface area (Å²) in [6, 6.07) is 27.6. The van der Waals surface area contributed by atoms with Gasteiger partial charge < -0.3 is 30.2 Å². The zero-order chi connectivity index (χ0) is 36.9. The number of hydrogen-bond acceptors (Lipinski definition) is 10. The summed E-state index contributed by atoms with van der Waals surface area (Å²) in [4.78, 5) is 22.0. The number of aromatic nitrogens is 2. The molecule has 8 aliphatic heterocycles. The highest BCUT2D eigenvalue weighted by Crippen LogP contribution is 2.70. The third kappa shape index (κ3) is 4.32. The summed E-state index contributed by atoms with van der Waals surface area (Å²) in [5, 5.41) is 16.3. The van der Waals surface area contributed by atoms with Crippen LogP contribution in [0.15, 0.2) is 102 Å². The van der Waals surface area contributed by atoms with Crippen molar-refractivity contribution in [2.24, 2.45) is 11.8 Å². The van der Waals surface area contributed by atoms with Crippen LogP contribution in [0.4, 0.5) is 11.4 Å². The quantitative estimate of drug-likeness (QED) is 0.276. The van der Waals surface area contributed by atoms with Gasteiger partial charge in [0, 0.05) is 91.9 Å². The zero-order valence-electron chi connectivity index (χ0n) is 32.8. The van der Waals surface area contributed by atoms with E-state index in [9.17, 15) is 0 Å². The molecule has 0 radical (unpaired) electrons. The number of piperazine rings is 2. The van der Waals surface area contributed by atoms with E-state index in [1.165, 1.54) is 49.9 Å². The summed E-state index contributed by atoms with van der Waals surface area (Å²) in [6.07, 6.45) is 15.0. The predicted molar refractivity (Wildman–Crippen MR) is 224 cm³/mol. The van der Waals surface area contributed by atoms with E-state index in [-0.39, 0.29) is 12.3 Å². The van der Waals surface area contributed by atoms with E-state index in [1.807, 2.05) is 18.5 Å². The summed E-state index contributed by atoms with van der Waals surface area (Å²) < 4.78 is 0. The van der Waals surface area contributed by atoms with E-state index in [4.69, 9.17) is 9.97 Å². The SMILES string of the molecule is c1ccc(N2C3=C(C4CCCC5B6C7CCCC8C9=C(N(c%10ccccc%10)C%10NCCNC9%10)N(C9CC(c%10ncccn%10)CC(C69)N3C54)C78)C3NCCNC32)cc1. The van der Waals surface area contributed by atoms with Crippen LogP contribution in [-0.4, -0.2) is 101 Å². The first-order valence-corrected chi connectivity index (χ1v) is 22.8. The normalized spacial score (nSPS) is 42.0. The summed E-state index contributed by atoms with van der Waals surface area (Å²) in [5.41, 5.74) is 6.14. The Labute approximate surface area is 337 Å². The fraction of sp³-hybridized carbons (Fsp3) is 0.565. The van der Waals surface area contributed by atoms with Crippen LogP contribution in [0, 0.1) is 11.8 Å². The molecule has 0 amide bonds. The van der Waals surface area contributed by atoms with Crippen molar-refractivity contribution in [2.75, 3.05) is 36.0 Å². The number of fused-ring (bicyclic) bond motifs is 12. The topological polar surface area (TPSA) is 86.9 Å². The fourth-order valence-corrected chi connectivity index (χ4v) is 16.1. The second-order valence-corrected chi connectivity index (χ2v) is 19.4. The lowest BCUT2D eigenvalue weighted by atomic mass is 9.18. The van der Waals surface area contributed by atoms with Gasteiger partial charge in [-0.2, -0.15) is 0 Å². The maximum absolute atomic E-state index is 5.07. The predicted octanol–water partition coefficient (Wildman–Crippen LogP) is 4.93. The van der Waals surface area contributed by atoms with Crippen molar-refractivity contribution >= 4 is 18.1 Å². The maximum atomic E-state index is 5.07. The van der Waals surface area contributed by atoms with Gasteiger partial charge in [-0.05, 0) is 84.6 Å². The molecule has 7 fully saturated rings. The molecule has 1 aromatic heterocycles. The van der Waals surface area contributed by atoms with E-state index in [2.05, 4.69) is 102 Å². The number of hydrogen-bond donors (Lipinski definition) is 4. The molecule has 9 heterocycles. The van der Waals surface area contributed by atoms with Crippen LogP contribution in [0.2, 0.25) is 17.5 Å². The minimum atomic E-state index is 0.250. The zero-order valence-corrected chi connectivity index (χ0v) is 32.8. The van der Waals surface area contributed by atoms with Crippen LogP contribution in [0.1, 0.15) is 63.1 Å². The van der Waals surface area contributed by atoms with Crippen molar-refractivity contribution < 1.29 is 0 Å². The molecular weight excluding hydrogens is 703 g/mol. The molecule has 2 aromatic carbocycles. The molecule has 3 aliphatic carbocycles. The number of rotatable bonds is 3. The van der Waals surface area contributed by atoms with E-state index < -0.39 is 0 Å². The Morgan fingerprint density at radius 3 is 1.56 bits per heavy atom. The first kappa shape index (κ1) is 33.0. The molecule has 14 rings (SSSR count). The lowest BCUT2D eigenvalue weighted by molar-refractivity contribution is 0.00809. The van der Waals surface area contributed by atoms with E-state index in [0.717, 1.165) is 63.2 Å². The summed E-state index contributed by atoms with van der Waals surface area (Å²) >= 11 is 0. The van der Waals surface area contributed by atoms with Gasteiger partial charge in [0.05, 0.1) is 12.1 Å². The van der Waals surface area contributed by atoms with E-state index in [0.29, 0.717) is 59.8 Å². The molecular formula is C46H55BN10. The second-order valence-electron chi connectivity index (χ2n) is 19.4. The first-order chi connectivity index (χ1) is 28.3. The molecule has 3 aromatic rings. The highest BCUT2D eigenvalue weighted by molar-refractivity contribution is 6.65. The van der Waals surface area contributed by atoms with Crippen LogP contribution < -0.4 is 31.1 Å². The first-order valence-electron chi connectivity index (χ1n) is 22.8. The van der Waals surface area contributed by atoms with Gasteiger partial charge in [-0.15, -0.1) is 0 Å². The van der Waals surface area contributed by atoms with Crippen molar-refractivity contribution in [2.45, 2.75) is 123 Å². The van der Waals surface area contributed by atoms with Gasteiger partial charge in [0.15, 0.2) is 6.71 Å². The molecule has 11 heteroatoms. The summed E-state index contributed by atoms with van der Waals surface area (Å²) in [7, 11) is 0. The molecule has 0 bridgehead atoms. The largest absolute Gasteiger partial charge is 0.352 e. The minimum Gasteiger partial charge on any atom is -0.352 e. The number of anilines is 2. The molecule has 57 heavy (non-hydrogen) atoms. The number of nitrogens with zero attached hydrogens (tertiary/aromatic N) is 6. The number of nitrogens with one attached hydrogen (secondary N) is 4. The highest BCUT2D eigenvalue weighted by atomic mass is 15.5. The molecule has 12 atom stereocenters. The third-order valence-electron chi connectivity index (χ3n) is 17.4. The Hall–Kier alpha value is -3.90. The van der Waals surface area contributed by atoms with Crippen molar-refractivity contribution in [3.8, 4) is 0 Å². The molecule has 4 N–H and O–H groups in total. The molecule has 12 unspecified atom stereocenters. The third-order valence-corrected chi connectivity index (χ3v) is 17.4. The fourth-order valence-electron chi connectivity index (χ4n) is 16.1. The monoisotopic (exact) mass is 758 g/mol. The molecule has 11 aliphatic rings. The summed E-state index contributed by atoms with van der Waals surface area (Å²) in [6.45, 7) is 4.85. The number of benzene rings is 2. The van der Waals surface area contributed by atoms with Crippen LogP contribution in [-0.2, 0) is 0 Å². The molecule has 292 valence electrons. The van der Waals surface area contributed by atoms with Crippen molar-refractivity contribution in [3.05, 3.63) is 108 Å². The summed E-state index contributed by atoms with van der Waals surface area (Å²) in [5.74, 6) is 7.83. The van der Waals surface area contributed by atoms with Crippen LogP contribution in [0.5, 0.6) is 0 Å². The Morgan fingerprint density at radius 1 is 0.561 bits per heavy atom. The highest BCUT2D eigenvalue weighted by Gasteiger charge is 2.72. The maximum Gasteiger partial charge on any atom is 0.159 e. The van der Waals surface area contributed by atoms with Gasteiger partial charge in [0.1, 0.15) is 29.8 Å². The average molecular weight is 759 g/mol. The van der Waals surface area contributed by atoms with Gasteiger partial charge in [-0.3, -0.25) is 10.6 Å². The Kier molecular flexibility index (Phi) is 7.13. The minimum absolute atomic E-state index is 0.250. The number of para-hydroxylation sites is 2. The Morgan fingerprint density at radius 2 is 1.05 bits per heavy atom. The van der Waals surface area contributed by atoms with Gasteiger partial charge in [-0.25, -0.2) is 9.97 Å². The van der Waals surface area contributed by atoms with E-state index >= 15 is 0 Å². The molecule has 4 saturated heterocycles. The lowest BCUT2D eigenvalue weighted by Gasteiger charge is -2.68. The molecule has 10 nitrogen and oxygen atoms in total. The van der Waals surface area contributed by atoms with Gasteiger partial charge in [-0.1, -0.05) is 62.1 Å². The smallest absolute Gasteiger partial charge is 0.159 e. The second kappa shape index (κ2) is 12.3. The molecule has 3 saturated carbocycles. The Bertz CT molecular complexity index is 2000. The van der Waals surface area contributed by atoms with Crippen molar-refractivity contribution in [1.82, 2.24) is 41.0 Å². The van der Waals surface area contributed by atoms with Gasteiger partial charge >= 0.3 is 0 Å². The van der Waals surface area contributed by atoms with Crippen molar-refractivity contribution in [1.29, 1.82) is 0 Å². The van der Waals surface area contributed by atoms with Crippen LogP contribution >= 0.6 is 0 Å². The van der Waals surface area contributed by atoms with Crippen molar-refractivity contribution in [3.63, 3.8) is 0 Å². The van der Waals surface area contributed by atoms with Crippen LogP contribution in [0.3, 0.4) is 0 Å². The van der Waals surface area contributed by atoms with Gasteiger partial charge in [0.2, 0.25) is 0 Å². The Balaban J connectivity index is 0.975. The van der Waals surface area contributed by atoms with Gasteiger partial charge in [0.25, 0.3) is 0 Å².